The van der Waals surface area contributed by atoms with Crippen LogP contribution in [0.25, 0.3) is 0 Å². The molecule has 0 atom stereocenters. The van der Waals surface area contributed by atoms with Gasteiger partial charge in [0, 0.05) is 18.3 Å². The van der Waals surface area contributed by atoms with E-state index in [-0.39, 0.29) is 0 Å². The van der Waals surface area contributed by atoms with Gasteiger partial charge in [0.15, 0.2) is 0 Å². The molecule has 2 aromatic rings. The Labute approximate surface area is 128 Å². The number of ether oxygens (including phenoxy) is 1. The number of aryl methyl sites for hydroxylation is 3. The van der Waals surface area contributed by atoms with Crippen LogP contribution in [0.2, 0.25) is 0 Å². The maximum absolute atomic E-state index is 5.67. The Bertz CT molecular complexity index is 605. The largest absolute Gasteiger partial charge is 0.494 e. The molecule has 0 fully saturated rings. The van der Waals surface area contributed by atoms with E-state index in [1.165, 1.54) is 22.3 Å². The highest BCUT2D eigenvalue weighted by Gasteiger charge is 2.03. The molecule has 0 heterocycles. The molecule has 0 unspecified atom stereocenters. The minimum Gasteiger partial charge on any atom is -0.494 e. The van der Waals surface area contributed by atoms with E-state index in [2.05, 4.69) is 57.3 Å². The standard InChI is InChI=1S/C19H25NO/c1-5-9-21-19-8-6-7-18(12-19)20-13-17-11-15(3)14(2)10-16(17)4/h6-8,10-12,20H,5,9,13H2,1-4H3. The van der Waals surface area contributed by atoms with Gasteiger partial charge in [-0.3, -0.25) is 0 Å². The maximum Gasteiger partial charge on any atom is 0.121 e. The van der Waals surface area contributed by atoms with Crippen LogP contribution in [-0.4, -0.2) is 6.61 Å². The van der Waals surface area contributed by atoms with E-state index in [1.807, 2.05) is 12.1 Å². The summed E-state index contributed by atoms with van der Waals surface area (Å²) in [5.41, 5.74) is 6.48. The third-order valence-electron chi connectivity index (χ3n) is 3.74. The number of anilines is 1. The van der Waals surface area contributed by atoms with Crippen molar-refractivity contribution in [2.75, 3.05) is 11.9 Å². The number of rotatable bonds is 6. The van der Waals surface area contributed by atoms with Gasteiger partial charge in [0.1, 0.15) is 5.75 Å². The van der Waals surface area contributed by atoms with E-state index in [4.69, 9.17) is 4.74 Å². The molecule has 2 heteroatoms. The second-order valence-electron chi connectivity index (χ2n) is 5.59. The van der Waals surface area contributed by atoms with Crippen LogP contribution in [0.5, 0.6) is 5.75 Å². The van der Waals surface area contributed by atoms with Gasteiger partial charge in [0.05, 0.1) is 6.61 Å². The monoisotopic (exact) mass is 283 g/mol. The Morgan fingerprint density at radius 1 is 0.952 bits per heavy atom. The average molecular weight is 283 g/mol. The van der Waals surface area contributed by atoms with Gasteiger partial charge in [-0.2, -0.15) is 0 Å². The van der Waals surface area contributed by atoms with E-state index in [1.54, 1.807) is 0 Å². The third kappa shape index (κ3) is 4.25. The summed E-state index contributed by atoms with van der Waals surface area (Å²) in [6.07, 6.45) is 1.03. The minimum atomic E-state index is 0.764. The first-order chi connectivity index (χ1) is 10.1. The van der Waals surface area contributed by atoms with E-state index in [9.17, 15) is 0 Å². The summed E-state index contributed by atoms with van der Waals surface area (Å²) in [6.45, 7) is 10.2. The van der Waals surface area contributed by atoms with Crippen molar-refractivity contribution in [1.82, 2.24) is 0 Å². The second-order valence-corrected chi connectivity index (χ2v) is 5.59. The second kappa shape index (κ2) is 7.16. The lowest BCUT2D eigenvalue weighted by Gasteiger charge is -2.13. The summed E-state index contributed by atoms with van der Waals surface area (Å²) in [5, 5.41) is 3.49. The normalized spacial score (nSPS) is 10.5. The van der Waals surface area contributed by atoms with Crippen LogP contribution in [0.15, 0.2) is 36.4 Å². The van der Waals surface area contributed by atoms with Crippen molar-refractivity contribution >= 4 is 5.69 Å². The highest BCUT2D eigenvalue weighted by Crippen LogP contribution is 2.20. The Hall–Kier alpha value is -1.96. The van der Waals surface area contributed by atoms with Crippen LogP contribution in [0.1, 0.15) is 35.6 Å². The fourth-order valence-electron chi connectivity index (χ4n) is 2.32. The first kappa shape index (κ1) is 15.4. The van der Waals surface area contributed by atoms with Crippen LogP contribution in [0, 0.1) is 20.8 Å². The number of hydrogen-bond acceptors (Lipinski definition) is 2. The molecule has 2 aromatic carbocycles. The predicted octanol–water partition coefficient (Wildman–Crippen LogP) is 5.01. The minimum absolute atomic E-state index is 0.764. The lowest BCUT2D eigenvalue weighted by Crippen LogP contribution is -2.03. The lowest BCUT2D eigenvalue weighted by atomic mass is 10.0. The van der Waals surface area contributed by atoms with Crippen molar-refractivity contribution in [2.45, 2.75) is 40.7 Å². The zero-order valence-electron chi connectivity index (χ0n) is 13.5. The molecule has 2 nitrogen and oxygen atoms in total. The molecule has 1 N–H and O–H groups in total. The van der Waals surface area contributed by atoms with Crippen LogP contribution >= 0.6 is 0 Å². The summed E-state index contributed by atoms with van der Waals surface area (Å²) >= 11 is 0. The van der Waals surface area contributed by atoms with Gasteiger partial charge >= 0.3 is 0 Å². The fraction of sp³-hybridized carbons (Fsp3) is 0.368. The van der Waals surface area contributed by atoms with Gasteiger partial charge in [0.2, 0.25) is 0 Å². The molecule has 0 radical (unpaired) electrons. The Kier molecular flexibility index (Phi) is 5.26. The topological polar surface area (TPSA) is 21.3 Å². The number of nitrogens with one attached hydrogen (secondary N) is 1. The Morgan fingerprint density at radius 2 is 1.71 bits per heavy atom. The van der Waals surface area contributed by atoms with Crippen molar-refractivity contribution in [2.24, 2.45) is 0 Å². The summed E-state index contributed by atoms with van der Waals surface area (Å²) in [6, 6.07) is 12.7. The molecule has 112 valence electrons. The third-order valence-corrected chi connectivity index (χ3v) is 3.74. The first-order valence-corrected chi connectivity index (χ1v) is 7.63. The Morgan fingerprint density at radius 3 is 2.48 bits per heavy atom. The molecule has 0 bridgehead atoms. The van der Waals surface area contributed by atoms with E-state index < -0.39 is 0 Å². The molecule has 21 heavy (non-hydrogen) atoms. The van der Waals surface area contributed by atoms with Crippen LogP contribution in [-0.2, 0) is 6.54 Å². The molecular weight excluding hydrogens is 258 g/mol. The van der Waals surface area contributed by atoms with E-state index in [0.29, 0.717) is 0 Å². The predicted molar refractivity (Wildman–Crippen MR) is 90.2 cm³/mol. The molecule has 0 saturated heterocycles. The van der Waals surface area contributed by atoms with Gasteiger partial charge < -0.3 is 10.1 Å². The van der Waals surface area contributed by atoms with Gasteiger partial charge in [-0.05, 0) is 61.6 Å². The van der Waals surface area contributed by atoms with Crippen molar-refractivity contribution in [1.29, 1.82) is 0 Å². The molecular formula is C19H25NO. The fourth-order valence-corrected chi connectivity index (χ4v) is 2.32. The average Bonchev–Trinajstić information content (AvgIpc) is 2.48. The van der Waals surface area contributed by atoms with Gasteiger partial charge in [-0.1, -0.05) is 25.1 Å². The van der Waals surface area contributed by atoms with Crippen molar-refractivity contribution in [3.8, 4) is 5.75 Å². The van der Waals surface area contributed by atoms with Gasteiger partial charge in [-0.25, -0.2) is 0 Å². The van der Waals surface area contributed by atoms with Gasteiger partial charge in [0.25, 0.3) is 0 Å². The van der Waals surface area contributed by atoms with Crippen LogP contribution in [0.4, 0.5) is 5.69 Å². The highest BCUT2D eigenvalue weighted by atomic mass is 16.5. The molecule has 0 amide bonds. The molecule has 0 aromatic heterocycles. The van der Waals surface area contributed by atoms with Crippen molar-refractivity contribution < 1.29 is 4.74 Å². The lowest BCUT2D eigenvalue weighted by molar-refractivity contribution is 0.317. The van der Waals surface area contributed by atoms with Crippen molar-refractivity contribution in [3.63, 3.8) is 0 Å². The molecule has 2 rings (SSSR count). The zero-order chi connectivity index (χ0) is 15.2. The van der Waals surface area contributed by atoms with E-state index in [0.717, 1.165) is 31.0 Å². The Balaban J connectivity index is 2.04. The molecule has 0 aliphatic rings. The SMILES string of the molecule is CCCOc1cccc(NCc2cc(C)c(C)cc2C)c1. The highest BCUT2D eigenvalue weighted by molar-refractivity contribution is 5.49. The summed E-state index contributed by atoms with van der Waals surface area (Å²) in [4.78, 5) is 0. The zero-order valence-corrected chi connectivity index (χ0v) is 13.5. The van der Waals surface area contributed by atoms with Gasteiger partial charge in [-0.15, -0.1) is 0 Å². The number of hydrogen-bond donors (Lipinski definition) is 1. The summed E-state index contributed by atoms with van der Waals surface area (Å²) < 4.78 is 5.67. The van der Waals surface area contributed by atoms with Crippen LogP contribution < -0.4 is 10.1 Å². The molecule has 0 spiro atoms. The molecule has 0 saturated carbocycles. The van der Waals surface area contributed by atoms with E-state index >= 15 is 0 Å². The smallest absolute Gasteiger partial charge is 0.121 e. The molecule has 0 aliphatic carbocycles. The van der Waals surface area contributed by atoms with Crippen molar-refractivity contribution in [3.05, 3.63) is 58.7 Å². The summed E-state index contributed by atoms with van der Waals surface area (Å²) in [7, 11) is 0. The first-order valence-electron chi connectivity index (χ1n) is 7.63. The maximum atomic E-state index is 5.67. The van der Waals surface area contributed by atoms with Crippen LogP contribution in [0.3, 0.4) is 0 Å². The number of benzene rings is 2. The molecule has 0 aliphatic heterocycles. The summed E-state index contributed by atoms with van der Waals surface area (Å²) in [5.74, 6) is 0.929. The quantitative estimate of drug-likeness (QED) is 0.804.